The van der Waals surface area contributed by atoms with E-state index in [-0.39, 0.29) is 13.0 Å². The van der Waals surface area contributed by atoms with Gasteiger partial charge in [0.05, 0.1) is 5.92 Å². The van der Waals surface area contributed by atoms with Gasteiger partial charge in [-0.2, -0.15) is 0 Å². The van der Waals surface area contributed by atoms with E-state index < -0.39 is 46.8 Å². The Morgan fingerprint density at radius 3 is 1.63 bits per heavy atom. The van der Waals surface area contributed by atoms with E-state index in [2.05, 4.69) is 29.6 Å². The van der Waals surface area contributed by atoms with Gasteiger partial charge in [0.2, 0.25) is 0 Å². The number of esters is 2. The van der Waals surface area contributed by atoms with Gasteiger partial charge in [-0.15, -0.1) is 0 Å². The number of carbonyl (C=O) groups is 3. The van der Waals surface area contributed by atoms with Crippen molar-refractivity contribution in [2.75, 3.05) is 6.61 Å². The molecule has 0 bridgehead atoms. The Morgan fingerprint density at radius 1 is 0.737 bits per heavy atom. The number of carbonyl (C=O) groups excluding carboxylic acids is 3. The molecule has 1 amide bonds. The highest BCUT2D eigenvalue weighted by molar-refractivity contribution is 5.83. The van der Waals surface area contributed by atoms with Crippen molar-refractivity contribution in [3.8, 4) is 0 Å². The van der Waals surface area contributed by atoms with Gasteiger partial charge in [-0.1, -0.05) is 24.3 Å². The second kappa shape index (κ2) is 14.5. The molecule has 0 fully saturated rings. The average Bonchev–Trinajstić information content (AvgIpc) is 2.73. The van der Waals surface area contributed by atoms with Crippen LogP contribution in [0.2, 0.25) is 0 Å². The lowest BCUT2D eigenvalue weighted by Crippen LogP contribution is -2.47. The van der Waals surface area contributed by atoms with Crippen LogP contribution < -0.4 is 5.32 Å². The molecule has 0 spiro atoms. The molecule has 8 nitrogen and oxygen atoms in total. The molecule has 0 saturated carbocycles. The van der Waals surface area contributed by atoms with E-state index in [4.69, 9.17) is 19.3 Å². The monoisotopic (exact) mass is 535 g/mol. The van der Waals surface area contributed by atoms with Gasteiger partial charge in [0, 0.05) is 6.61 Å². The molecule has 0 aliphatic carbocycles. The van der Waals surface area contributed by atoms with Crippen molar-refractivity contribution in [1.29, 1.82) is 0 Å². The molecule has 2 N–H and O–H groups in total. The second-order valence-corrected chi connectivity index (χ2v) is 12.7. The first-order valence-electron chi connectivity index (χ1n) is 13.5. The zero-order valence-corrected chi connectivity index (χ0v) is 24.8. The first-order valence-corrected chi connectivity index (χ1v) is 13.5. The highest BCUT2D eigenvalue weighted by atomic mass is 16.6. The van der Waals surface area contributed by atoms with Crippen LogP contribution in [0.4, 0.5) is 4.79 Å². The van der Waals surface area contributed by atoms with Crippen molar-refractivity contribution in [2.24, 2.45) is 5.92 Å². The lowest BCUT2D eigenvalue weighted by Gasteiger charge is -2.29. The molecule has 0 aromatic heterocycles. The van der Waals surface area contributed by atoms with Crippen molar-refractivity contribution < 1.29 is 33.7 Å². The highest BCUT2D eigenvalue weighted by Crippen LogP contribution is 2.23. The van der Waals surface area contributed by atoms with E-state index >= 15 is 0 Å². The molecule has 0 aliphatic rings. The van der Waals surface area contributed by atoms with Crippen LogP contribution in [-0.2, 0) is 36.6 Å². The Hall–Kier alpha value is -2.61. The summed E-state index contributed by atoms with van der Waals surface area (Å²) in [5, 5.41) is 11.6. The smallest absolute Gasteiger partial charge is 0.408 e. The molecular formula is C30H49NO7. The van der Waals surface area contributed by atoms with Gasteiger partial charge in [-0.05, 0) is 112 Å². The number of nitrogens with one attached hydrogen (secondary N) is 1. The quantitative estimate of drug-likeness (QED) is 0.268. The van der Waals surface area contributed by atoms with E-state index in [0.717, 1.165) is 24.8 Å². The van der Waals surface area contributed by atoms with E-state index in [9.17, 15) is 14.4 Å². The van der Waals surface area contributed by atoms with Crippen LogP contribution in [0.15, 0.2) is 24.3 Å². The van der Waals surface area contributed by atoms with Gasteiger partial charge in [0.25, 0.3) is 0 Å². The lowest BCUT2D eigenvalue weighted by atomic mass is 9.92. The van der Waals surface area contributed by atoms with Gasteiger partial charge in [-0.3, -0.25) is 4.79 Å². The van der Waals surface area contributed by atoms with Crippen LogP contribution in [0.1, 0.15) is 99.1 Å². The molecule has 8 heteroatoms. The van der Waals surface area contributed by atoms with E-state index in [0.29, 0.717) is 12.8 Å². The number of hydrogen-bond acceptors (Lipinski definition) is 7. The standard InChI is InChI=1S/C30H49NO7/c1-28(2,3)36-25(33)23(14-10-12-21-15-17-22(18-16-21)13-11-19-32)20-24(26(34)37-29(4,5)6)31-27(35)38-30(7,8)9/h15-18,23-24,32H,10-14,19-20H2,1-9H3,(H,31,35)/t23-,24-/m0/s1. The summed E-state index contributed by atoms with van der Waals surface area (Å²) in [5.74, 6) is -1.68. The summed E-state index contributed by atoms with van der Waals surface area (Å²) in [6.07, 6.45) is 2.74. The predicted octanol–water partition coefficient (Wildman–Crippen LogP) is 5.52. The van der Waals surface area contributed by atoms with Gasteiger partial charge in [0.15, 0.2) is 0 Å². The van der Waals surface area contributed by atoms with Crippen molar-refractivity contribution in [3.63, 3.8) is 0 Å². The third-order valence-corrected chi connectivity index (χ3v) is 5.31. The molecule has 1 rings (SSSR count). The van der Waals surface area contributed by atoms with Crippen LogP contribution in [0.3, 0.4) is 0 Å². The number of hydrogen-bond donors (Lipinski definition) is 2. The van der Waals surface area contributed by atoms with Crippen molar-refractivity contribution in [3.05, 3.63) is 35.4 Å². The van der Waals surface area contributed by atoms with Crippen LogP contribution in [0.25, 0.3) is 0 Å². The number of benzene rings is 1. The molecule has 0 heterocycles. The first kappa shape index (κ1) is 33.4. The Morgan fingerprint density at radius 2 is 1.18 bits per heavy atom. The molecule has 2 atom stereocenters. The minimum Gasteiger partial charge on any atom is -0.460 e. The molecule has 1 aromatic carbocycles. The van der Waals surface area contributed by atoms with Crippen LogP contribution in [0, 0.1) is 5.92 Å². The fraction of sp³-hybridized carbons (Fsp3) is 0.700. The van der Waals surface area contributed by atoms with E-state index in [1.807, 2.05) is 0 Å². The first-order chi connectivity index (χ1) is 17.4. The van der Waals surface area contributed by atoms with Crippen molar-refractivity contribution in [2.45, 2.75) is 124 Å². The number of amides is 1. The molecule has 216 valence electrons. The summed E-state index contributed by atoms with van der Waals surface area (Å²) in [7, 11) is 0. The zero-order valence-electron chi connectivity index (χ0n) is 24.8. The molecule has 0 saturated heterocycles. The lowest BCUT2D eigenvalue weighted by molar-refractivity contribution is -0.163. The topological polar surface area (TPSA) is 111 Å². The molecular weight excluding hydrogens is 486 g/mol. The third kappa shape index (κ3) is 15.0. The highest BCUT2D eigenvalue weighted by Gasteiger charge is 2.34. The Kier molecular flexibility index (Phi) is 12.8. The van der Waals surface area contributed by atoms with E-state index in [1.54, 1.807) is 62.3 Å². The summed E-state index contributed by atoms with van der Waals surface area (Å²) >= 11 is 0. The van der Waals surface area contributed by atoms with Gasteiger partial charge >= 0.3 is 18.0 Å². The maximum Gasteiger partial charge on any atom is 0.408 e. The van der Waals surface area contributed by atoms with Gasteiger partial charge in [0.1, 0.15) is 22.8 Å². The SMILES string of the molecule is CC(C)(C)OC(=O)N[C@@H](C[C@H](CCCc1ccc(CCCO)cc1)C(=O)OC(C)(C)C)C(=O)OC(C)(C)C. The van der Waals surface area contributed by atoms with Crippen LogP contribution in [-0.4, -0.2) is 52.6 Å². The Balaban J connectivity index is 3.04. The molecule has 0 radical (unpaired) electrons. The maximum atomic E-state index is 13.2. The fourth-order valence-corrected chi connectivity index (χ4v) is 3.75. The number of aliphatic hydroxyl groups is 1. The number of ether oxygens (including phenoxy) is 3. The van der Waals surface area contributed by atoms with Crippen LogP contribution >= 0.6 is 0 Å². The van der Waals surface area contributed by atoms with Gasteiger partial charge in [-0.25, -0.2) is 9.59 Å². The molecule has 0 unspecified atom stereocenters. The Labute approximate surface area is 228 Å². The third-order valence-electron chi connectivity index (χ3n) is 5.31. The normalized spacial score (nSPS) is 13.8. The Bertz CT molecular complexity index is 889. The van der Waals surface area contributed by atoms with Gasteiger partial charge < -0.3 is 24.6 Å². The number of aliphatic hydroxyl groups excluding tert-OH is 1. The second-order valence-electron chi connectivity index (χ2n) is 12.7. The summed E-state index contributed by atoms with van der Waals surface area (Å²) in [6.45, 7) is 16.0. The minimum absolute atomic E-state index is 0.0309. The van der Waals surface area contributed by atoms with Crippen molar-refractivity contribution >= 4 is 18.0 Å². The average molecular weight is 536 g/mol. The summed E-state index contributed by atoms with van der Waals surface area (Å²) in [5.41, 5.74) is 0.0926. The summed E-state index contributed by atoms with van der Waals surface area (Å²) in [6, 6.07) is 7.15. The zero-order chi connectivity index (χ0) is 29.1. The number of rotatable bonds is 12. The fourth-order valence-electron chi connectivity index (χ4n) is 3.75. The molecule has 0 aliphatic heterocycles. The molecule has 38 heavy (non-hydrogen) atoms. The largest absolute Gasteiger partial charge is 0.460 e. The number of aryl methyl sites for hydroxylation is 2. The van der Waals surface area contributed by atoms with Crippen molar-refractivity contribution in [1.82, 2.24) is 5.32 Å². The summed E-state index contributed by atoms with van der Waals surface area (Å²) < 4.78 is 16.6. The predicted molar refractivity (Wildman–Crippen MR) is 148 cm³/mol. The minimum atomic E-state index is -1.08. The number of alkyl carbamates (subject to hydrolysis) is 1. The summed E-state index contributed by atoms with van der Waals surface area (Å²) in [4.78, 5) is 38.8. The van der Waals surface area contributed by atoms with Crippen LogP contribution in [0.5, 0.6) is 0 Å². The van der Waals surface area contributed by atoms with E-state index in [1.165, 1.54) is 5.56 Å². The maximum absolute atomic E-state index is 13.2. The molecule has 1 aromatic rings.